The van der Waals surface area contributed by atoms with Gasteiger partial charge in [-0.1, -0.05) is 31.9 Å². The first-order chi connectivity index (χ1) is 8.79. The van der Waals surface area contributed by atoms with Gasteiger partial charge in [-0.05, 0) is 62.5 Å². The molecule has 1 nitrogen and oxygen atoms in total. The highest BCUT2D eigenvalue weighted by Gasteiger charge is 2.19. The normalized spacial score (nSPS) is 18.1. The predicted octanol–water partition coefficient (Wildman–Crippen LogP) is 4.20. The maximum atomic E-state index is 12.9. The van der Waals surface area contributed by atoms with Crippen molar-refractivity contribution in [3.63, 3.8) is 0 Å². The van der Waals surface area contributed by atoms with E-state index in [2.05, 4.69) is 11.8 Å². The number of unbranched alkanes of at least 4 members (excludes halogenated alkanes) is 2. The lowest BCUT2D eigenvalue weighted by molar-refractivity contribution is 0.208. The molecule has 1 aliphatic heterocycles. The van der Waals surface area contributed by atoms with Crippen molar-refractivity contribution in [2.75, 3.05) is 19.6 Å². The van der Waals surface area contributed by atoms with Crippen LogP contribution in [0, 0.1) is 5.82 Å². The standard InChI is InChI=1S/C16H24FN/c1-2-3-4-11-18-12-9-15(10-13-18)14-5-7-16(17)8-6-14/h5-8,15H,2-4,9-13H2,1H3. The van der Waals surface area contributed by atoms with Gasteiger partial charge in [-0.3, -0.25) is 0 Å². The highest BCUT2D eigenvalue weighted by molar-refractivity contribution is 5.21. The van der Waals surface area contributed by atoms with Crippen LogP contribution in [0.3, 0.4) is 0 Å². The Morgan fingerprint density at radius 2 is 1.78 bits per heavy atom. The van der Waals surface area contributed by atoms with Crippen molar-refractivity contribution in [2.24, 2.45) is 0 Å². The minimum atomic E-state index is -0.129. The number of nitrogens with zero attached hydrogens (tertiary/aromatic N) is 1. The molecule has 0 spiro atoms. The minimum Gasteiger partial charge on any atom is -0.303 e. The molecule has 0 atom stereocenters. The molecule has 18 heavy (non-hydrogen) atoms. The van der Waals surface area contributed by atoms with E-state index < -0.39 is 0 Å². The highest BCUT2D eigenvalue weighted by atomic mass is 19.1. The van der Waals surface area contributed by atoms with Crippen molar-refractivity contribution in [3.05, 3.63) is 35.6 Å². The van der Waals surface area contributed by atoms with E-state index in [1.54, 1.807) is 12.1 Å². The third-order valence-corrected chi connectivity index (χ3v) is 4.01. The van der Waals surface area contributed by atoms with Gasteiger partial charge in [-0.15, -0.1) is 0 Å². The SMILES string of the molecule is CCCCCN1CCC(c2ccc(F)cc2)CC1. The third-order valence-electron chi connectivity index (χ3n) is 4.01. The average Bonchev–Trinajstić information content (AvgIpc) is 2.41. The first kappa shape index (κ1) is 13.5. The van der Waals surface area contributed by atoms with Gasteiger partial charge in [0.2, 0.25) is 0 Å². The summed E-state index contributed by atoms with van der Waals surface area (Å²) in [6, 6.07) is 7.07. The second-order valence-electron chi connectivity index (χ2n) is 5.37. The number of likely N-dealkylation sites (tertiary alicyclic amines) is 1. The van der Waals surface area contributed by atoms with Crippen LogP contribution in [0.4, 0.5) is 4.39 Å². The second kappa shape index (κ2) is 6.89. The number of halogens is 1. The van der Waals surface area contributed by atoms with Gasteiger partial charge in [-0.25, -0.2) is 4.39 Å². The van der Waals surface area contributed by atoms with Gasteiger partial charge in [0.15, 0.2) is 0 Å². The molecular formula is C16H24FN. The van der Waals surface area contributed by atoms with Gasteiger partial charge >= 0.3 is 0 Å². The van der Waals surface area contributed by atoms with E-state index >= 15 is 0 Å². The Kier molecular flexibility index (Phi) is 5.18. The van der Waals surface area contributed by atoms with Crippen LogP contribution in [0.1, 0.15) is 50.5 Å². The first-order valence-electron chi connectivity index (χ1n) is 7.27. The summed E-state index contributed by atoms with van der Waals surface area (Å²) in [6.45, 7) is 5.91. The van der Waals surface area contributed by atoms with Crippen molar-refractivity contribution in [1.82, 2.24) is 4.90 Å². The Morgan fingerprint density at radius 1 is 1.11 bits per heavy atom. The zero-order chi connectivity index (χ0) is 12.8. The van der Waals surface area contributed by atoms with Crippen LogP contribution >= 0.6 is 0 Å². The van der Waals surface area contributed by atoms with Crippen molar-refractivity contribution in [3.8, 4) is 0 Å². The van der Waals surface area contributed by atoms with Gasteiger partial charge in [0.25, 0.3) is 0 Å². The fraction of sp³-hybridized carbons (Fsp3) is 0.625. The summed E-state index contributed by atoms with van der Waals surface area (Å²) in [7, 11) is 0. The molecule has 0 saturated carbocycles. The Morgan fingerprint density at radius 3 is 2.39 bits per heavy atom. The zero-order valence-corrected chi connectivity index (χ0v) is 11.4. The molecular weight excluding hydrogens is 225 g/mol. The lowest BCUT2D eigenvalue weighted by atomic mass is 9.89. The molecule has 0 aliphatic carbocycles. The summed E-state index contributed by atoms with van der Waals surface area (Å²) in [5.41, 5.74) is 1.31. The van der Waals surface area contributed by atoms with E-state index in [-0.39, 0.29) is 5.82 Å². The van der Waals surface area contributed by atoms with Crippen molar-refractivity contribution >= 4 is 0 Å². The summed E-state index contributed by atoms with van der Waals surface area (Å²) in [6.07, 6.45) is 6.41. The molecule has 1 aromatic rings. The van der Waals surface area contributed by atoms with Crippen LogP contribution in [0.25, 0.3) is 0 Å². The number of hydrogen-bond acceptors (Lipinski definition) is 1. The van der Waals surface area contributed by atoms with Gasteiger partial charge in [0.05, 0.1) is 0 Å². The molecule has 0 radical (unpaired) electrons. The molecule has 1 aliphatic rings. The maximum Gasteiger partial charge on any atom is 0.123 e. The van der Waals surface area contributed by atoms with Crippen LogP contribution in [0.5, 0.6) is 0 Å². The molecule has 0 N–H and O–H groups in total. The molecule has 1 fully saturated rings. The Hall–Kier alpha value is -0.890. The first-order valence-corrected chi connectivity index (χ1v) is 7.27. The van der Waals surface area contributed by atoms with Gasteiger partial charge in [-0.2, -0.15) is 0 Å². The molecule has 2 heteroatoms. The van der Waals surface area contributed by atoms with E-state index in [1.165, 1.54) is 57.3 Å². The summed E-state index contributed by atoms with van der Waals surface area (Å²) in [4.78, 5) is 2.58. The summed E-state index contributed by atoms with van der Waals surface area (Å²) < 4.78 is 12.9. The molecule has 0 aromatic heterocycles. The van der Waals surface area contributed by atoms with E-state index in [1.807, 2.05) is 12.1 Å². The smallest absolute Gasteiger partial charge is 0.123 e. The van der Waals surface area contributed by atoms with Gasteiger partial charge < -0.3 is 4.90 Å². The van der Waals surface area contributed by atoms with Crippen LogP contribution in [0.15, 0.2) is 24.3 Å². The molecule has 0 amide bonds. The molecule has 0 unspecified atom stereocenters. The van der Waals surface area contributed by atoms with E-state index in [0.717, 1.165) is 0 Å². The van der Waals surface area contributed by atoms with E-state index in [4.69, 9.17) is 0 Å². The highest BCUT2D eigenvalue weighted by Crippen LogP contribution is 2.28. The Balaban J connectivity index is 1.77. The van der Waals surface area contributed by atoms with E-state index in [9.17, 15) is 4.39 Å². The van der Waals surface area contributed by atoms with Gasteiger partial charge in [0.1, 0.15) is 5.82 Å². The number of rotatable bonds is 5. The molecule has 100 valence electrons. The number of benzene rings is 1. The topological polar surface area (TPSA) is 3.24 Å². The Bertz CT molecular complexity index is 339. The third kappa shape index (κ3) is 3.81. The summed E-state index contributed by atoms with van der Waals surface area (Å²) in [5.74, 6) is 0.503. The minimum absolute atomic E-state index is 0.129. The maximum absolute atomic E-state index is 12.9. The lowest BCUT2D eigenvalue weighted by Gasteiger charge is -2.32. The largest absolute Gasteiger partial charge is 0.303 e. The van der Waals surface area contributed by atoms with Gasteiger partial charge in [0, 0.05) is 0 Å². The fourth-order valence-electron chi connectivity index (χ4n) is 2.81. The van der Waals surface area contributed by atoms with E-state index in [0.29, 0.717) is 5.92 Å². The molecule has 1 heterocycles. The number of hydrogen-bond donors (Lipinski definition) is 0. The molecule has 1 saturated heterocycles. The molecule has 0 bridgehead atoms. The fourth-order valence-corrected chi connectivity index (χ4v) is 2.81. The molecule has 1 aromatic carbocycles. The number of piperidine rings is 1. The second-order valence-corrected chi connectivity index (χ2v) is 5.37. The quantitative estimate of drug-likeness (QED) is 0.707. The van der Waals surface area contributed by atoms with Crippen molar-refractivity contribution in [1.29, 1.82) is 0 Å². The predicted molar refractivity (Wildman–Crippen MR) is 74.3 cm³/mol. The molecule has 2 rings (SSSR count). The average molecular weight is 249 g/mol. The Labute approximate surface area is 110 Å². The lowest BCUT2D eigenvalue weighted by Crippen LogP contribution is -2.33. The van der Waals surface area contributed by atoms with Crippen LogP contribution < -0.4 is 0 Å². The van der Waals surface area contributed by atoms with Crippen molar-refractivity contribution < 1.29 is 4.39 Å². The summed E-state index contributed by atoms with van der Waals surface area (Å²) in [5, 5.41) is 0. The summed E-state index contributed by atoms with van der Waals surface area (Å²) >= 11 is 0. The monoisotopic (exact) mass is 249 g/mol. The van der Waals surface area contributed by atoms with Crippen molar-refractivity contribution in [2.45, 2.75) is 44.9 Å². The van der Waals surface area contributed by atoms with Crippen LogP contribution in [-0.2, 0) is 0 Å². The van der Waals surface area contributed by atoms with Crippen LogP contribution in [0.2, 0.25) is 0 Å². The zero-order valence-electron chi connectivity index (χ0n) is 11.4. The van der Waals surface area contributed by atoms with Crippen LogP contribution in [-0.4, -0.2) is 24.5 Å².